The summed E-state index contributed by atoms with van der Waals surface area (Å²) in [6, 6.07) is 5.04. The lowest BCUT2D eigenvalue weighted by Crippen LogP contribution is -2.01. The zero-order valence-corrected chi connectivity index (χ0v) is 9.23. The second-order valence-electron chi connectivity index (χ2n) is 4.59. The van der Waals surface area contributed by atoms with E-state index in [-0.39, 0.29) is 12.2 Å². The van der Waals surface area contributed by atoms with E-state index in [4.69, 9.17) is 5.11 Å². The third kappa shape index (κ3) is 1.75. The average molecular weight is 231 g/mol. The predicted molar refractivity (Wildman–Crippen MR) is 63.3 cm³/mol. The molecular weight excluding hydrogens is 218 g/mol. The molecule has 3 rings (SSSR count). The van der Waals surface area contributed by atoms with Gasteiger partial charge in [-0.15, -0.1) is 0 Å². The van der Waals surface area contributed by atoms with Gasteiger partial charge in [-0.1, -0.05) is 0 Å². The van der Waals surface area contributed by atoms with E-state index in [2.05, 4.69) is 4.98 Å². The number of carboxylic acids is 1. The van der Waals surface area contributed by atoms with Crippen molar-refractivity contribution < 1.29 is 15.0 Å². The Morgan fingerprint density at radius 1 is 1.41 bits per heavy atom. The van der Waals surface area contributed by atoms with Crippen LogP contribution in [0.15, 0.2) is 18.2 Å². The van der Waals surface area contributed by atoms with Crippen LogP contribution < -0.4 is 0 Å². The van der Waals surface area contributed by atoms with Gasteiger partial charge < -0.3 is 15.2 Å². The van der Waals surface area contributed by atoms with Crippen LogP contribution in [0.4, 0.5) is 0 Å². The number of phenols is 1. The Bertz CT molecular complexity index is 596. The van der Waals surface area contributed by atoms with Gasteiger partial charge >= 0.3 is 5.97 Å². The van der Waals surface area contributed by atoms with Crippen LogP contribution in [0.1, 0.15) is 30.0 Å². The minimum Gasteiger partial charge on any atom is -0.508 e. The van der Waals surface area contributed by atoms with Gasteiger partial charge in [0, 0.05) is 16.6 Å². The average Bonchev–Trinajstić information content (AvgIpc) is 3.04. The molecule has 1 heterocycles. The number of H-pyrrole nitrogens is 1. The number of fused-ring (bicyclic) bond motifs is 1. The van der Waals surface area contributed by atoms with Crippen LogP contribution in [-0.4, -0.2) is 21.2 Å². The highest BCUT2D eigenvalue weighted by molar-refractivity contribution is 5.89. The first kappa shape index (κ1) is 10.2. The summed E-state index contributed by atoms with van der Waals surface area (Å²) in [5.74, 6) is -0.194. The Morgan fingerprint density at radius 3 is 2.82 bits per heavy atom. The van der Waals surface area contributed by atoms with E-state index < -0.39 is 5.97 Å². The van der Waals surface area contributed by atoms with Crippen LogP contribution in [0.3, 0.4) is 0 Å². The lowest BCUT2D eigenvalue weighted by molar-refractivity contribution is -0.136. The summed E-state index contributed by atoms with van der Waals surface area (Å²) >= 11 is 0. The number of aromatic hydroxyl groups is 1. The predicted octanol–water partition coefficient (Wildman–Crippen LogP) is 2.38. The van der Waals surface area contributed by atoms with Gasteiger partial charge in [0.15, 0.2) is 0 Å². The fraction of sp³-hybridized carbons (Fsp3) is 0.308. The molecule has 0 saturated heterocycles. The molecule has 1 saturated carbocycles. The zero-order chi connectivity index (χ0) is 12.0. The molecule has 1 aromatic carbocycles. The van der Waals surface area contributed by atoms with Gasteiger partial charge in [-0.25, -0.2) is 0 Å². The first-order chi connectivity index (χ1) is 8.15. The summed E-state index contributed by atoms with van der Waals surface area (Å²) in [6.07, 6.45) is 2.24. The van der Waals surface area contributed by atoms with E-state index in [1.165, 1.54) is 0 Å². The number of aromatic nitrogens is 1. The Morgan fingerprint density at radius 2 is 2.18 bits per heavy atom. The van der Waals surface area contributed by atoms with Crippen LogP contribution in [0.25, 0.3) is 10.9 Å². The number of carboxylic acid groups (broad SMARTS) is 1. The van der Waals surface area contributed by atoms with Gasteiger partial charge in [-0.05, 0) is 42.5 Å². The molecule has 0 spiro atoms. The number of benzene rings is 1. The van der Waals surface area contributed by atoms with Crippen molar-refractivity contribution >= 4 is 16.9 Å². The van der Waals surface area contributed by atoms with E-state index in [0.717, 1.165) is 35.0 Å². The van der Waals surface area contributed by atoms with E-state index >= 15 is 0 Å². The maximum Gasteiger partial charge on any atom is 0.307 e. The van der Waals surface area contributed by atoms with Gasteiger partial charge in [0.2, 0.25) is 0 Å². The molecule has 88 valence electrons. The van der Waals surface area contributed by atoms with Crippen LogP contribution in [-0.2, 0) is 11.2 Å². The molecule has 1 fully saturated rings. The van der Waals surface area contributed by atoms with Crippen molar-refractivity contribution in [1.29, 1.82) is 0 Å². The number of carbonyl (C=O) groups is 1. The Labute approximate surface area is 97.9 Å². The first-order valence-electron chi connectivity index (χ1n) is 5.70. The summed E-state index contributed by atoms with van der Waals surface area (Å²) in [5.41, 5.74) is 2.76. The number of aromatic amines is 1. The fourth-order valence-electron chi connectivity index (χ4n) is 2.32. The molecule has 1 aliphatic carbocycles. The normalized spacial score (nSPS) is 15.3. The maximum atomic E-state index is 10.9. The van der Waals surface area contributed by atoms with E-state index in [9.17, 15) is 9.90 Å². The molecule has 0 bridgehead atoms. The van der Waals surface area contributed by atoms with Gasteiger partial charge in [0.1, 0.15) is 5.75 Å². The standard InChI is InChI=1S/C13H13NO3/c15-8-3-4-11-9(5-8)10(6-12(16)17)13(14-11)7-1-2-7/h3-5,7,14-15H,1-2,6H2,(H,16,17). The Hall–Kier alpha value is -1.97. The van der Waals surface area contributed by atoms with Gasteiger partial charge in [0.25, 0.3) is 0 Å². The number of phenolic OH excluding ortho intramolecular Hbond substituents is 1. The minimum atomic E-state index is -0.837. The molecular formula is C13H13NO3. The summed E-state index contributed by atoms with van der Waals surface area (Å²) in [6.45, 7) is 0. The lowest BCUT2D eigenvalue weighted by atomic mass is 10.1. The number of aliphatic carboxylic acids is 1. The van der Waals surface area contributed by atoms with Crippen molar-refractivity contribution in [2.24, 2.45) is 0 Å². The first-order valence-corrected chi connectivity index (χ1v) is 5.70. The number of hydrogen-bond donors (Lipinski definition) is 3. The SMILES string of the molecule is O=C(O)Cc1c(C2CC2)[nH]c2ccc(O)cc12. The molecule has 0 amide bonds. The quantitative estimate of drug-likeness (QED) is 0.759. The minimum absolute atomic E-state index is 0.00921. The summed E-state index contributed by atoms with van der Waals surface area (Å²) in [7, 11) is 0. The second-order valence-corrected chi connectivity index (χ2v) is 4.59. The van der Waals surface area contributed by atoms with E-state index in [0.29, 0.717) is 5.92 Å². The molecule has 2 aromatic rings. The highest BCUT2D eigenvalue weighted by Crippen LogP contribution is 2.43. The number of rotatable bonds is 3. The molecule has 4 heteroatoms. The van der Waals surface area contributed by atoms with Gasteiger partial charge in [-0.2, -0.15) is 0 Å². The molecule has 0 unspecified atom stereocenters. The molecule has 17 heavy (non-hydrogen) atoms. The summed E-state index contributed by atoms with van der Waals surface area (Å²) in [5, 5.41) is 19.3. The van der Waals surface area contributed by atoms with Crippen molar-refractivity contribution in [2.75, 3.05) is 0 Å². The summed E-state index contributed by atoms with van der Waals surface area (Å²) < 4.78 is 0. The third-order valence-electron chi connectivity index (χ3n) is 3.24. The number of hydrogen-bond acceptors (Lipinski definition) is 2. The molecule has 1 aromatic heterocycles. The Balaban J connectivity index is 2.20. The molecule has 3 N–H and O–H groups in total. The topological polar surface area (TPSA) is 73.3 Å². The molecule has 1 aliphatic rings. The van der Waals surface area contributed by atoms with Crippen LogP contribution in [0.5, 0.6) is 5.75 Å². The number of nitrogens with one attached hydrogen (secondary N) is 1. The highest BCUT2D eigenvalue weighted by atomic mass is 16.4. The molecule has 0 radical (unpaired) electrons. The van der Waals surface area contributed by atoms with Gasteiger partial charge in [0.05, 0.1) is 6.42 Å². The van der Waals surface area contributed by atoms with Gasteiger partial charge in [-0.3, -0.25) is 4.79 Å². The van der Waals surface area contributed by atoms with Crippen LogP contribution >= 0.6 is 0 Å². The maximum absolute atomic E-state index is 10.9. The molecule has 4 nitrogen and oxygen atoms in total. The van der Waals surface area contributed by atoms with E-state index in [1.807, 2.05) is 0 Å². The van der Waals surface area contributed by atoms with Crippen molar-refractivity contribution in [3.8, 4) is 5.75 Å². The fourth-order valence-corrected chi connectivity index (χ4v) is 2.32. The molecule has 0 aliphatic heterocycles. The highest BCUT2D eigenvalue weighted by Gasteiger charge is 2.29. The largest absolute Gasteiger partial charge is 0.508 e. The van der Waals surface area contributed by atoms with Crippen LogP contribution in [0.2, 0.25) is 0 Å². The molecule has 0 atom stereocenters. The van der Waals surface area contributed by atoms with Crippen molar-refractivity contribution in [3.05, 3.63) is 29.5 Å². The van der Waals surface area contributed by atoms with Crippen LogP contribution in [0, 0.1) is 0 Å². The lowest BCUT2D eigenvalue weighted by Gasteiger charge is -2.00. The Kier molecular flexibility index (Phi) is 2.11. The van der Waals surface area contributed by atoms with E-state index in [1.54, 1.807) is 18.2 Å². The van der Waals surface area contributed by atoms with Crippen molar-refractivity contribution in [3.63, 3.8) is 0 Å². The summed E-state index contributed by atoms with van der Waals surface area (Å²) in [4.78, 5) is 14.2. The monoisotopic (exact) mass is 231 g/mol. The van der Waals surface area contributed by atoms with Crippen molar-refractivity contribution in [2.45, 2.75) is 25.2 Å². The van der Waals surface area contributed by atoms with Crippen molar-refractivity contribution in [1.82, 2.24) is 4.98 Å². The third-order valence-corrected chi connectivity index (χ3v) is 3.24. The zero-order valence-electron chi connectivity index (χ0n) is 9.23. The smallest absolute Gasteiger partial charge is 0.307 e. The second kappa shape index (κ2) is 3.52.